The Balaban J connectivity index is 1.13. The molecule has 0 aliphatic heterocycles. The van der Waals surface area contributed by atoms with Crippen LogP contribution in [0.3, 0.4) is 0 Å². The Morgan fingerprint density at radius 1 is 0.298 bits per heavy atom. The van der Waals surface area contributed by atoms with Crippen molar-refractivity contribution in [3.63, 3.8) is 0 Å². The zero-order chi connectivity index (χ0) is 37.5. The molecule has 0 spiro atoms. The first-order chi connectivity index (χ1) is 28.3. The van der Waals surface area contributed by atoms with Gasteiger partial charge in [-0.3, -0.25) is 0 Å². The SMILES string of the molecule is c1ccc(-c2ccccc2-n2c3ccccc3c3c(-c4ccc5c6ccccc6n(-c6ccc(-c7ccccc7)c7c6oc6ccccc67)c5c4)cccc32)cc1. The maximum atomic E-state index is 6.85. The van der Waals surface area contributed by atoms with E-state index in [4.69, 9.17) is 4.42 Å². The molecule has 0 saturated heterocycles. The topological polar surface area (TPSA) is 23.0 Å². The van der Waals surface area contributed by atoms with E-state index in [1.54, 1.807) is 0 Å². The fourth-order valence-electron chi connectivity index (χ4n) is 9.30. The molecule has 3 nitrogen and oxygen atoms in total. The molecular formula is C54H34N2O. The molecule has 266 valence electrons. The minimum atomic E-state index is 0.882. The number of aromatic nitrogens is 2. The summed E-state index contributed by atoms with van der Waals surface area (Å²) < 4.78 is 11.7. The van der Waals surface area contributed by atoms with Crippen molar-refractivity contribution in [1.82, 2.24) is 9.13 Å². The predicted molar refractivity (Wildman–Crippen MR) is 239 cm³/mol. The standard InChI is InChI=1S/C54H34N2O/c1-3-16-35(17-4-1)38-20-7-11-25-45(38)55-47-27-13-9-22-43(47)52-39(24-15-28-48(52)55)37-30-31-42-41-21-8-12-26-46(41)56(50(42)34-37)49-33-32-40(36-18-5-2-6-19-36)53-44-23-10-14-29-51(44)57-54(49)53/h1-34H. The Kier molecular flexibility index (Phi) is 6.93. The highest BCUT2D eigenvalue weighted by molar-refractivity contribution is 6.19. The lowest BCUT2D eigenvalue weighted by Crippen LogP contribution is -1.97. The Morgan fingerprint density at radius 3 is 1.67 bits per heavy atom. The monoisotopic (exact) mass is 726 g/mol. The van der Waals surface area contributed by atoms with Gasteiger partial charge in [-0.15, -0.1) is 0 Å². The third-order valence-electron chi connectivity index (χ3n) is 11.7. The van der Waals surface area contributed by atoms with Gasteiger partial charge in [-0.1, -0.05) is 164 Å². The second kappa shape index (κ2) is 12.5. The molecule has 57 heavy (non-hydrogen) atoms. The van der Waals surface area contributed by atoms with Crippen LogP contribution < -0.4 is 0 Å². The summed E-state index contributed by atoms with van der Waals surface area (Å²) in [5.41, 5.74) is 15.7. The van der Waals surface area contributed by atoms with Gasteiger partial charge in [0.15, 0.2) is 5.58 Å². The van der Waals surface area contributed by atoms with Crippen molar-refractivity contribution >= 4 is 65.6 Å². The van der Waals surface area contributed by atoms with Crippen LogP contribution >= 0.6 is 0 Å². The van der Waals surface area contributed by atoms with Crippen LogP contribution in [0.2, 0.25) is 0 Å². The average Bonchev–Trinajstić information content (AvgIpc) is 3.95. The molecule has 0 radical (unpaired) electrons. The molecule has 12 rings (SSSR count). The van der Waals surface area contributed by atoms with Crippen molar-refractivity contribution in [2.75, 3.05) is 0 Å². The maximum absolute atomic E-state index is 6.85. The molecule has 9 aromatic carbocycles. The molecule has 0 atom stereocenters. The van der Waals surface area contributed by atoms with Crippen molar-refractivity contribution < 1.29 is 4.42 Å². The number of fused-ring (bicyclic) bond motifs is 9. The van der Waals surface area contributed by atoms with Gasteiger partial charge in [-0.05, 0) is 70.3 Å². The summed E-state index contributed by atoms with van der Waals surface area (Å²) in [5, 5.41) is 7.13. The van der Waals surface area contributed by atoms with Crippen molar-refractivity contribution in [2.45, 2.75) is 0 Å². The zero-order valence-corrected chi connectivity index (χ0v) is 30.9. The molecule has 3 aromatic heterocycles. The van der Waals surface area contributed by atoms with Crippen LogP contribution in [0.5, 0.6) is 0 Å². The fourth-order valence-corrected chi connectivity index (χ4v) is 9.30. The highest BCUT2D eigenvalue weighted by Gasteiger charge is 2.22. The Morgan fingerprint density at radius 2 is 0.860 bits per heavy atom. The molecule has 0 fully saturated rings. The summed E-state index contributed by atoms with van der Waals surface area (Å²) in [4.78, 5) is 0. The summed E-state index contributed by atoms with van der Waals surface area (Å²) in [5.74, 6) is 0. The molecule has 12 aromatic rings. The van der Waals surface area contributed by atoms with Crippen LogP contribution in [-0.2, 0) is 0 Å². The Bertz CT molecular complexity index is 3510. The summed E-state index contributed by atoms with van der Waals surface area (Å²) in [6.07, 6.45) is 0. The molecule has 3 heteroatoms. The van der Waals surface area contributed by atoms with E-state index in [2.05, 4.69) is 215 Å². The molecule has 3 heterocycles. The van der Waals surface area contributed by atoms with Gasteiger partial charge in [0.1, 0.15) is 5.58 Å². The largest absolute Gasteiger partial charge is 0.454 e. The fraction of sp³-hybridized carbons (Fsp3) is 0. The number of furan rings is 1. The van der Waals surface area contributed by atoms with E-state index in [9.17, 15) is 0 Å². The zero-order valence-electron chi connectivity index (χ0n) is 30.9. The first-order valence-electron chi connectivity index (χ1n) is 19.5. The Hall–Kier alpha value is -7.62. The highest BCUT2D eigenvalue weighted by atomic mass is 16.3. The summed E-state index contributed by atoms with van der Waals surface area (Å²) in [6.45, 7) is 0. The smallest absolute Gasteiger partial charge is 0.160 e. The van der Waals surface area contributed by atoms with Crippen molar-refractivity contribution in [3.05, 3.63) is 206 Å². The number of hydrogen-bond acceptors (Lipinski definition) is 1. The second-order valence-electron chi connectivity index (χ2n) is 14.8. The van der Waals surface area contributed by atoms with E-state index in [0.29, 0.717) is 0 Å². The molecule has 0 N–H and O–H groups in total. The van der Waals surface area contributed by atoms with Gasteiger partial charge < -0.3 is 13.6 Å². The summed E-state index contributed by atoms with van der Waals surface area (Å²) >= 11 is 0. The van der Waals surface area contributed by atoms with Crippen LogP contribution in [0, 0.1) is 0 Å². The van der Waals surface area contributed by atoms with Gasteiger partial charge in [-0.25, -0.2) is 0 Å². The molecule has 0 aliphatic rings. The third kappa shape index (κ3) is 4.73. The summed E-state index contributed by atoms with van der Waals surface area (Å²) in [7, 11) is 0. The van der Waals surface area contributed by atoms with Crippen molar-refractivity contribution in [3.8, 4) is 44.8 Å². The molecule has 0 bridgehead atoms. The molecular weight excluding hydrogens is 693 g/mol. The second-order valence-corrected chi connectivity index (χ2v) is 14.8. The number of benzene rings is 9. The van der Waals surface area contributed by atoms with Gasteiger partial charge in [0, 0.05) is 37.9 Å². The van der Waals surface area contributed by atoms with E-state index in [-0.39, 0.29) is 0 Å². The minimum absolute atomic E-state index is 0.882. The van der Waals surface area contributed by atoms with E-state index in [0.717, 1.165) is 55.5 Å². The van der Waals surface area contributed by atoms with Crippen LogP contribution in [0.15, 0.2) is 211 Å². The molecule has 0 unspecified atom stereocenters. The van der Waals surface area contributed by atoms with Crippen LogP contribution in [-0.4, -0.2) is 9.13 Å². The first-order valence-corrected chi connectivity index (χ1v) is 19.5. The van der Waals surface area contributed by atoms with Crippen molar-refractivity contribution in [2.24, 2.45) is 0 Å². The number of para-hydroxylation sites is 4. The number of hydrogen-bond donors (Lipinski definition) is 0. The Labute approximate surface area is 328 Å². The molecule has 0 saturated carbocycles. The van der Waals surface area contributed by atoms with Gasteiger partial charge in [0.25, 0.3) is 0 Å². The first kappa shape index (κ1) is 31.7. The van der Waals surface area contributed by atoms with E-state index in [1.807, 2.05) is 0 Å². The van der Waals surface area contributed by atoms with Crippen LogP contribution in [0.25, 0.3) is 110 Å². The summed E-state index contributed by atoms with van der Waals surface area (Å²) in [6, 6.07) is 74.3. The van der Waals surface area contributed by atoms with Gasteiger partial charge in [0.2, 0.25) is 0 Å². The van der Waals surface area contributed by atoms with Gasteiger partial charge in [-0.2, -0.15) is 0 Å². The van der Waals surface area contributed by atoms with Crippen LogP contribution in [0.4, 0.5) is 0 Å². The third-order valence-corrected chi connectivity index (χ3v) is 11.7. The highest BCUT2D eigenvalue weighted by Crippen LogP contribution is 2.45. The van der Waals surface area contributed by atoms with Gasteiger partial charge in [0.05, 0.1) is 33.4 Å². The van der Waals surface area contributed by atoms with E-state index in [1.165, 1.54) is 54.8 Å². The quantitative estimate of drug-likeness (QED) is 0.173. The average molecular weight is 727 g/mol. The maximum Gasteiger partial charge on any atom is 0.160 e. The predicted octanol–water partition coefficient (Wildman–Crippen LogP) is 14.8. The minimum Gasteiger partial charge on any atom is -0.454 e. The van der Waals surface area contributed by atoms with E-state index < -0.39 is 0 Å². The number of rotatable bonds is 5. The lowest BCUT2D eigenvalue weighted by molar-refractivity contribution is 0.666. The van der Waals surface area contributed by atoms with Crippen molar-refractivity contribution in [1.29, 1.82) is 0 Å². The normalized spacial score (nSPS) is 11.9. The number of nitrogens with zero attached hydrogens (tertiary/aromatic N) is 2. The lowest BCUT2D eigenvalue weighted by Gasteiger charge is -2.14. The molecule has 0 aliphatic carbocycles. The molecule has 0 amide bonds. The van der Waals surface area contributed by atoms with Crippen LogP contribution in [0.1, 0.15) is 0 Å². The lowest BCUT2D eigenvalue weighted by atomic mass is 9.98. The van der Waals surface area contributed by atoms with Gasteiger partial charge >= 0.3 is 0 Å². The van der Waals surface area contributed by atoms with E-state index >= 15 is 0 Å².